The summed E-state index contributed by atoms with van der Waals surface area (Å²) in [4.78, 5) is 31.9. The molecule has 1 saturated heterocycles. The number of aliphatic carboxylic acids is 1. The summed E-state index contributed by atoms with van der Waals surface area (Å²) in [6, 6.07) is 8.05. The van der Waals surface area contributed by atoms with Crippen molar-refractivity contribution in [1.82, 2.24) is 19.4 Å². The number of carboxylic acids is 2. The minimum absolute atomic E-state index is 0.187. The molecule has 156 valence electrons. The lowest BCUT2D eigenvalue weighted by molar-refractivity contribution is -0.144. The van der Waals surface area contributed by atoms with E-state index in [9.17, 15) is 19.8 Å². The Morgan fingerprint density at radius 3 is 2.40 bits per heavy atom. The second-order valence-corrected chi connectivity index (χ2v) is 7.64. The first kappa shape index (κ1) is 20.1. The van der Waals surface area contributed by atoms with E-state index in [0.717, 1.165) is 25.0 Å². The Kier molecular flexibility index (Phi) is 5.52. The monoisotopic (exact) mass is 408 g/mol. The third kappa shape index (κ3) is 3.92. The average molecular weight is 408 g/mol. The maximum atomic E-state index is 12.2. The third-order valence-electron chi connectivity index (χ3n) is 5.72. The Labute approximate surface area is 174 Å². The van der Waals surface area contributed by atoms with Gasteiger partial charge in [0.2, 0.25) is 0 Å². The smallest absolute Gasteiger partial charge is 0.335 e. The number of aromatic nitrogens is 2. The summed E-state index contributed by atoms with van der Waals surface area (Å²) >= 11 is 0. The molecule has 0 radical (unpaired) electrons. The summed E-state index contributed by atoms with van der Waals surface area (Å²) in [6.07, 6.45) is 5.36. The fourth-order valence-corrected chi connectivity index (χ4v) is 4.18. The highest BCUT2D eigenvalue weighted by Gasteiger charge is 2.32. The summed E-state index contributed by atoms with van der Waals surface area (Å²) in [5, 5.41) is 20.1. The van der Waals surface area contributed by atoms with Gasteiger partial charge in [0.25, 0.3) is 0 Å². The van der Waals surface area contributed by atoms with Crippen LogP contribution in [-0.2, 0) is 18.4 Å². The van der Waals surface area contributed by atoms with E-state index >= 15 is 0 Å². The number of aryl methyl sites for hydroxylation is 1. The standard InChI is InChI=1S/C22H24N4O4/c1-24-14-18(17-3-2-16(21(27)28)12-19(17)24)20(22(29)30)26-10-8-25(9-11-26)13-15-4-6-23-7-5-15/h2-7,12,14,20H,8-11,13H2,1H3,(H,27,28)(H,29,30)/t20-/m1/s1. The fraction of sp³-hybridized carbons (Fsp3) is 0.318. The number of carboxylic acid groups (broad SMARTS) is 2. The number of benzene rings is 1. The van der Waals surface area contributed by atoms with Gasteiger partial charge in [-0.25, -0.2) is 4.79 Å². The van der Waals surface area contributed by atoms with Crippen LogP contribution in [0, 0.1) is 0 Å². The van der Waals surface area contributed by atoms with Crippen LogP contribution in [0.2, 0.25) is 0 Å². The Hall–Kier alpha value is -3.23. The molecule has 0 amide bonds. The van der Waals surface area contributed by atoms with Crippen molar-refractivity contribution < 1.29 is 19.8 Å². The molecule has 0 spiro atoms. The van der Waals surface area contributed by atoms with Crippen molar-refractivity contribution in [1.29, 1.82) is 0 Å². The molecule has 0 saturated carbocycles. The summed E-state index contributed by atoms with van der Waals surface area (Å²) in [6.45, 7) is 3.66. The SMILES string of the molecule is Cn1cc([C@H](C(=O)O)N2CCN(Cc3ccncc3)CC2)c2ccc(C(=O)O)cc21. The van der Waals surface area contributed by atoms with Crippen LogP contribution in [0.4, 0.5) is 0 Å². The van der Waals surface area contributed by atoms with E-state index in [-0.39, 0.29) is 5.56 Å². The first-order chi connectivity index (χ1) is 14.4. The highest BCUT2D eigenvalue weighted by Crippen LogP contribution is 2.31. The van der Waals surface area contributed by atoms with Crippen molar-refractivity contribution in [3.8, 4) is 0 Å². The second-order valence-electron chi connectivity index (χ2n) is 7.64. The largest absolute Gasteiger partial charge is 0.480 e. The highest BCUT2D eigenvalue weighted by molar-refractivity contribution is 5.96. The molecule has 3 heterocycles. The molecule has 8 nitrogen and oxygen atoms in total. The molecular weight excluding hydrogens is 384 g/mol. The van der Waals surface area contributed by atoms with E-state index in [0.29, 0.717) is 24.2 Å². The van der Waals surface area contributed by atoms with Gasteiger partial charge >= 0.3 is 11.9 Å². The van der Waals surface area contributed by atoms with E-state index in [1.165, 1.54) is 11.6 Å². The topological polar surface area (TPSA) is 98.9 Å². The molecule has 3 aromatic rings. The van der Waals surface area contributed by atoms with Crippen molar-refractivity contribution >= 4 is 22.8 Å². The number of rotatable bonds is 6. The minimum atomic E-state index is -1.00. The molecule has 0 bridgehead atoms. The number of pyridine rings is 1. The fourth-order valence-electron chi connectivity index (χ4n) is 4.18. The van der Waals surface area contributed by atoms with Crippen molar-refractivity contribution in [3.05, 3.63) is 65.6 Å². The second kappa shape index (κ2) is 8.25. The number of piperazine rings is 1. The van der Waals surface area contributed by atoms with Gasteiger partial charge in [0.05, 0.1) is 5.56 Å². The molecule has 30 heavy (non-hydrogen) atoms. The zero-order valence-electron chi connectivity index (χ0n) is 16.7. The molecular formula is C22H24N4O4. The molecule has 2 N–H and O–H groups in total. The van der Waals surface area contributed by atoms with E-state index in [4.69, 9.17) is 0 Å². The average Bonchev–Trinajstić information content (AvgIpc) is 3.05. The first-order valence-corrected chi connectivity index (χ1v) is 9.84. The molecule has 1 atom stereocenters. The summed E-state index contributed by atoms with van der Waals surface area (Å²) in [7, 11) is 1.81. The van der Waals surface area contributed by atoms with Crippen LogP contribution < -0.4 is 0 Å². The van der Waals surface area contributed by atoms with Gasteiger partial charge in [0.1, 0.15) is 6.04 Å². The predicted molar refractivity (Wildman–Crippen MR) is 111 cm³/mol. The minimum Gasteiger partial charge on any atom is -0.480 e. The van der Waals surface area contributed by atoms with Crippen LogP contribution in [-0.4, -0.2) is 67.7 Å². The van der Waals surface area contributed by atoms with Gasteiger partial charge in [-0.15, -0.1) is 0 Å². The van der Waals surface area contributed by atoms with Crippen LogP contribution in [0.15, 0.2) is 48.9 Å². The molecule has 1 aromatic carbocycles. The van der Waals surface area contributed by atoms with Gasteiger partial charge in [0.15, 0.2) is 0 Å². The van der Waals surface area contributed by atoms with Gasteiger partial charge in [-0.3, -0.25) is 19.6 Å². The summed E-state index contributed by atoms with van der Waals surface area (Å²) in [5.74, 6) is -1.90. The van der Waals surface area contributed by atoms with Gasteiger partial charge in [0, 0.05) is 74.8 Å². The van der Waals surface area contributed by atoms with Crippen LogP contribution in [0.1, 0.15) is 27.5 Å². The zero-order valence-corrected chi connectivity index (χ0v) is 16.7. The lowest BCUT2D eigenvalue weighted by atomic mass is 10.0. The predicted octanol–water partition coefficient (Wildman–Crippen LogP) is 2.21. The number of hydrogen-bond acceptors (Lipinski definition) is 5. The maximum Gasteiger partial charge on any atom is 0.335 e. The molecule has 0 unspecified atom stereocenters. The van der Waals surface area contributed by atoms with E-state index < -0.39 is 18.0 Å². The number of hydrogen-bond donors (Lipinski definition) is 2. The van der Waals surface area contributed by atoms with Crippen LogP contribution >= 0.6 is 0 Å². The van der Waals surface area contributed by atoms with Gasteiger partial charge in [-0.1, -0.05) is 6.07 Å². The lowest BCUT2D eigenvalue weighted by Gasteiger charge is -2.37. The number of fused-ring (bicyclic) bond motifs is 1. The molecule has 1 fully saturated rings. The van der Waals surface area contributed by atoms with Crippen molar-refractivity contribution in [2.24, 2.45) is 7.05 Å². The third-order valence-corrected chi connectivity index (χ3v) is 5.72. The summed E-state index contributed by atoms with van der Waals surface area (Å²) in [5.41, 5.74) is 2.79. The molecule has 1 aliphatic rings. The zero-order chi connectivity index (χ0) is 21.3. The van der Waals surface area contributed by atoms with Crippen LogP contribution in [0.5, 0.6) is 0 Å². The Morgan fingerprint density at radius 2 is 1.77 bits per heavy atom. The number of carbonyl (C=O) groups is 2. The van der Waals surface area contributed by atoms with Crippen LogP contribution in [0.3, 0.4) is 0 Å². The van der Waals surface area contributed by atoms with E-state index in [1.807, 2.05) is 24.1 Å². The Balaban J connectivity index is 1.55. The van der Waals surface area contributed by atoms with Crippen molar-refractivity contribution in [2.45, 2.75) is 12.6 Å². The van der Waals surface area contributed by atoms with Crippen molar-refractivity contribution in [3.63, 3.8) is 0 Å². The number of nitrogens with zero attached hydrogens (tertiary/aromatic N) is 4. The quantitative estimate of drug-likeness (QED) is 0.645. The molecule has 1 aliphatic heterocycles. The van der Waals surface area contributed by atoms with Crippen LogP contribution in [0.25, 0.3) is 10.9 Å². The van der Waals surface area contributed by atoms with E-state index in [2.05, 4.69) is 9.88 Å². The van der Waals surface area contributed by atoms with Gasteiger partial charge in [-0.05, 0) is 29.8 Å². The maximum absolute atomic E-state index is 12.2. The van der Waals surface area contributed by atoms with E-state index in [1.54, 1.807) is 35.3 Å². The molecule has 4 rings (SSSR count). The molecule has 8 heteroatoms. The van der Waals surface area contributed by atoms with Gasteiger partial charge in [-0.2, -0.15) is 0 Å². The number of aromatic carboxylic acids is 1. The summed E-state index contributed by atoms with van der Waals surface area (Å²) < 4.78 is 1.80. The van der Waals surface area contributed by atoms with Crippen molar-refractivity contribution in [2.75, 3.05) is 26.2 Å². The molecule has 0 aliphatic carbocycles. The Bertz CT molecular complexity index is 1070. The normalized spacial score (nSPS) is 16.6. The molecule has 2 aromatic heterocycles. The highest BCUT2D eigenvalue weighted by atomic mass is 16.4. The lowest BCUT2D eigenvalue weighted by Crippen LogP contribution is -2.48. The first-order valence-electron chi connectivity index (χ1n) is 9.84. The Morgan fingerprint density at radius 1 is 1.07 bits per heavy atom. The van der Waals surface area contributed by atoms with Gasteiger partial charge < -0.3 is 14.8 Å².